The number of ether oxygens (including phenoxy) is 1. The van der Waals surface area contributed by atoms with Gasteiger partial charge in [-0.25, -0.2) is 0 Å². The molecule has 5 heteroatoms. The summed E-state index contributed by atoms with van der Waals surface area (Å²) in [4.78, 5) is 0. The molecule has 0 saturated carbocycles. The SMILES string of the molecule is OC[C@@H](O)[C@H]1O[CH][C@@H](O)[C@H]1O. The van der Waals surface area contributed by atoms with Crippen LogP contribution in [0.15, 0.2) is 0 Å². The van der Waals surface area contributed by atoms with Crippen LogP contribution in [-0.2, 0) is 4.74 Å². The van der Waals surface area contributed by atoms with Crippen molar-refractivity contribution in [3.05, 3.63) is 6.61 Å². The first-order valence-corrected chi connectivity index (χ1v) is 3.30. The third kappa shape index (κ3) is 1.69. The highest BCUT2D eigenvalue weighted by atomic mass is 16.5. The number of aliphatic hydroxyl groups excluding tert-OH is 4. The summed E-state index contributed by atoms with van der Waals surface area (Å²) in [5.74, 6) is 0. The molecular weight excluding hydrogens is 152 g/mol. The van der Waals surface area contributed by atoms with Crippen molar-refractivity contribution in [2.75, 3.05) is 6.61 Å². The van der Waals surface area contributed by atoms with E-state index in [4.69, 9.17) is 25.2 Å². The lowest BCUT2D eigenvalue weighted by Gasteiger charge is -2.18. The van der Waals surface area contributed by atoms with Crippen molar-refractivity contribution in [1.29, 1.82) is 0 Å². The smallest absolute Gasteiger partial charge is 0.115 e. The lowest BCUT2D eigenvalue weighted by molar-refractivity contribution is -0.0636. The normalized spacial score (nSPS) is 40.9. The highest BCUT2D eigenvalue weighted by molar-refractivity contribution is 4.93. The average molecular weight is 163 g/mol. The van der Waals surface area contributed by atoms with Gasteiger partial charge >= 0.3 is 0 Å². The molecule has 0 bridgehead atoms. The monoisotopic (exact) mass is 163 g/mol. The molecule has 0 amide bonds. The number of hydrogen-bond acceptors (Lipinski definition) is 5. The van der Waals surface area contributed by atoms with Crippen molar-refractivity contribution in [1.82, 2.24) is 0 Å². The minimum atomic E-state index is -1.16. The van der Waals surface area contributed by atoms with Gasteiger partial charge < -0.3 is 25.2 Å². The number of hydrogen-bond donors (Lipinski definition) is 4. The molecule has 1 rings (SSSR count). The number of rotatable bonds is 2. The van der Waals surface area contributed by atoms with E-state index in [1.807, 2.05) is 0 Å². The van der Waals surface area contributed by atoms with Gasteiger partial charge in [-0.3, -0.25) is 0 Å². The van der Waals surface area contributed by atoms with Crippen molar-refractivity contribution in [2.45, 2.75) is 24.4 Å². The van der Waals surface area contributed by atoms with E-state index in [1.54, 1.807) is 0 Å². The Morgan fingerprint density at radius 1 is 1.45 bits per heavy atom. The van der Waals surface area contributed by atoms with Gasteiger partial charge in [-0.1, -0.05) is 0 Å². The summed E-state index contributed by atoms with van der Waals surface area (Å²) in [7, 11) is 0. The fourth-order valence-electron chi connectivity index (χ4n) is 0.949. The average Bonchev–Trinajstić information content (AvgIpc) is 2.32. The van der Waals surface area contributed by atoms with Crippen molar-refractivity contribution in [3.63, 3.8) is 0 Å². The van der Waals surface area contributed by atoms with E-state index in [1.165, 1.54) is 0 Å². The first-order valence-electron chi connectivity index (χ1n) is 3.30. The lowest BCUT2D eigenvalue weighted by atomic mass is 10.1. The summed E-state index contributed by atoms with van der Waals surface area (Å²) in [5.41, 5.74) is 0. The summed E-state index contributed by atoms with van der Waals surface area (Å²) in [6.07, 6.45) is -4.31. The highest BCUT2D eigenvalue weighted by Crippen LogP contribution is 2.20. The molecule has 0 aliphatic carbocycles. The Kier molecular flexibility index (Phi) is 2.80. The van der Waals surface area contributed by atoms with Crippen LogP contribution in [0.2, 0.25) is 0 Å². The van der Waals surface area contributed by atoms with E-state index in [9.17, 15) is 0 Å². The van der Waals surface area contributed by atoms with E-state index >= 15 is 0 Å². The Morgan fingerprint density at radius 2 is 2.09 bits per heavy atom. The van der Waals surface area contributed by atoms with Gasteiger partial charge in [0.25, 0.3) is 0 Å². The maximum atomic E-state index is 9.08. The standard InChI is InChI=1S/C6H11O5/c7-1-3(8)6-5(10)4(9)2-11-6/h2-10H,1H2/t3-,4-,5-,6-/m1/s1. The van der Waals surface area contributed by atoms with Crippen LogP contribution in [0.4, 0.5) is 0 Å². The van der Waals surface area contributed by atoms with Crippen LogP contribution in [0, 0.1) is 6.61 Å². The fourth-order valence-corrected chi connectivity index (χ4v) is 0.949. The second kappa shape index (κ2) is 3.46. The Labute approximate surface area is 63.8 Å². The molecule has 0 spiro atoms. The van der Waals surface area contributed by atoms with Crippen molar-refractivity contribution in [3.8, 4) is 0 Å². The fraction of sp³-hybridized carbons (Fsp3) is 0.833. The maximum Gasteiger partial charge on any atom is 0.115 e. The minimum absolute atomic E-state index is 0.498. The summed E-state index contributed by atoms with van der Waals surface area (Å²) in [5, 5.41) is 35.4. The topological polar surface area (TPSA) is 90.2 Å². The molecule has 1 aliphatic rings. The summed E-state index contributed by atoms with van der Waals surface area (Å²) >= 11 is 0. The second-order valence-corrected chi connectivity index (χ2v) is 2.47. The molecule has 0 aromatic rings. The van der Waals surface area contributed by atoms with Crippen molar-refractivity contribution >= 4 is 0 Å². The zero-order chi connectivity index (χ0) is 8.43. The Morgan fingerprint density at radius 3 is 2.45 bits per heavy atom. The first-order chi connectivity index (χ1) is 5.16. The van der Waals surface area contributed by atoms with Gasteiger partial charge in [-0.15, -0.1) is 0 Å². The van der Waals surface area contributed by atoms with E-state index in [-0.39, 0.29) is 0 Å². The minimum Gasteiger partial charge on any atom is -0.394 e. The molecule has 11 heavy (non-hydrogen) atoms. The largest absolute Gasteiger partial charge is 0.394 e. The lowest BCUT2D eigenvalue weighted by Crippen LogP contribution is -2.40. The molecule has 4 N–H and O–H groups in total. The van der Waals surface area contributed by atoms with Gasteiger partial charge in [0.05, 0.1) is 6.61 Å². The second-order valence-electron chi connectivity index (χ2n) is 2.47. The first kappa shape index (κ1) is 8.89. The van der Waals surface area contributed by atoms with Gasteiger partial charge in [0.15, 0.2) is 0 Å². The molecule has 4 atom stereocenters. The van der Waals surface area contributed by atoms with E-state index in [0.29, 0.717) is 0 Å². The Hall–Kier alpha value is -0.200. The van der Waals surface area contributed by atoms with Crippen LogP contribution in [0.25, 0.3) is 0 Å². The molecule has 1 aliphatic heterocycles. The van der Waals surface area contributed by atoms with E-state index < -0.39 is 31.0 Å². The number of aliphatic hydroxyl groups is 4. The maximum absolute atomic E-state index is 9.08. The summed E-state index contributed by atoms with van der Waals surface area (Å²) < 4.78 is 4.70. The van der Waals surface area contributed by atoms with Gasteiger partial charge in [0.2, 0.25) is 0 Å². The molecule has 65 valence electrons. The predicted molar refractivity (Wildman–Crippen MR) is 34.3 cm³/mol. The van der Waals surface area contributed by atoms with E-state index in [0.717, 1.165) is 6.61 Å². The van der Waals surface area contributed by atoms with Crippen LogP contribution in [0.3, 0.4) is 0 Å². The predicted octanol–water partition coefficient (Wildman–Crippen LogP) is -2.38. The molecule has 5 nitrogen and oxygen atoms in total. The van der Waals surface area contributed by atoms with Crippen LogP contribution < -0.4 is 0 Å². The van der Waals surface area contributed by atoms with Gasteiger partial charge in [-0.05, 0) is 0 Å². The zero-order valence-corrected chi connectivity index (χ0v) is 5.79. The zero-order valence-electron chi connectivity index (χ0n) is 5.79. The van der Waals surface area contributed by atoms with Crippen LogP contribution in [0.5, 0.6) is 0 Å². The summed E-state index contributed by atoms with van der Waals surface area (Å²) in [6.45, 7) is 0.538. The van der Waals surface area contributed by atoms with Crippen molar-refractivity contribution in [2.24, 2.45) is 0 Å². The van der Waals surface area contributed by atoms with Gasteiger partial charge in [-0.2, -0.15) is 0 Å². The molecule has 1 fully saturated rings. The quantitative estimate of drug-likeness (QED) is 0.365. The van der Waals surface area contributed by atoms with Crippen LogP contribution >= 0.6 is 0 Å². The van der Waals surface area contributed by atoms with Crippen LogP contribution in [-0.4, -0.2) is 51.4 Å². The Bertz CT molecular complexity index is 128. The van der Waals surface area contributed by atoms with E-state index in [2.05, 4.69) is 0 Å². The van der Waals surface area contributed by atoms with Gasteiger partial charge in [0, 0.05) is 0 Å². The molecular formula is C6H11O5. The third-order valence-electron chi connectivity index (χ3n) is 1.63. The molecule has 1 saturated heterocycles. The molecule has 1 heterocycles. The van der Waals surface area contributed by atoms with Gasteiger partial charge in [0.1, 0.15) is 31.0 Å². The Balaban J connectivity index is 2.47. The van der Waals surface area contributed by atoms with Crippen molar-refractivity contribution < 1.29 is 25.2 Å². The highest BCUT2D eigenvalue weighted by Gasteiger charge is 2.39. The summed E-state index contributed by atoms with van der Waals surface area (Å²) in [6, 6.07) is 0. The third-order valence-corrected chi connectivity index (χ3v) is 1.63. The molecule has 1 radical (unpaired) electrons. The molecule has 0 aromatic heterocycles. The van der Waals surface area contributed by atoms with Crippen LogP contribution in [0.1, 0.15) is 0 Å². The molecule has 0 unspecified atom stereocenters. The molecule has 0 aromatic carbocycles.